The molecule has 0 fully saturated rings. The second-order valence-electron chi connectivity index (χ2n) is 5.15. The van der Waals surface area contributed by atoms with Crippen LogP contribution >= 0.6 is 22.7 Å². The predicted molar refractivity (Wildman–Crippen MR) is 87.2 cm³/mol. The standard InChI is InChI=1S/C16H22NO2S2.BrH/c1-13-15(7-4-2-3-5-9-18)21-12-17(13)11-14(19)16-8-6-10-20-16;/h6,8,10,12,18H,2-5,7,9,11H2,1H3;1H/q+1;/p-1. The summed E-state index contributed by atoms with van der Waals surface area (Å²) in [6.07, 6.45) is 5.38. The van der Waals surface area contributed by atoms with Crippen molar-refractivity contribution in [1.29, 1.82) is 0 Å². The number of halogens is 1. The minimum Gasteiger partial charge on any atom is -1.00 e. The van der Waals surface area contributed by atoms with Crippen molar-refractivity contribution >= 4 is 28.5 Å². The Balaban J connectivity index is 0.00000242. The molecule has 0 unspecified atom stereocenters. The number of aromatic nitrogens is 1. The van der Waals surface area contributed by atoms with Crippen LogP contribution in [0.4, 0.5) is 0 Å². The first kappa shape index (κ1) is 19.5. The van der Waals surface area contributed by atoms with E-state index in [9.17, 15) is 4.79 Å². The molecule has 2 aromatic rings. The fraction of sp³-hybridized carbons (Fsp3) is 0.500. The van der Waals surface area contributed by atoms with Crippen LogP contribution in [0.1, 0.15) is 45.9 Å². The average Bonchev–Trinajstić information content (AvgIpc) is 3.11. The van der Waals surface area contributed by atoms with Crippen molar-refractivity contribution in [2.45, 2.75) is 45.6 Å². The lowest BCUT2D eigenvalue weighted by atomic mass is 10.1. The number of unbranched alkanes of at least 4 members (excludes halogenated alkanes) is 3. The number of aliphatic hydroxyl groups is 1. The van der Waals surface area contributed by atoms with Gasteiger partial charge in [0.15, 0.2) is 5.69 Å². The quantitative estimate of drug-likeness (QED) is 0.373. The van der Waals surface area contributed by atoms with Gasteiger partial charge in [0.05, 0.1) is 9.75 Å². The molecule has 0 spiro atoms. The van der Waals surface area contributed by atoms with Gasteiger partial charge in [-0.1, -0.05) is 30.2 Å². The van der Waals surface area contributed by atoms with E-state index in [1.165, 1.54) is 21.9 Å². The van der Waals surface area contributed by atoms with Crippen molar-refractivity contribution in [2.24, 2.45) is 0 Å². The maximum Gasteiger partial charge on any atom is 0.237 e. The summed E-state index contributed by atoms with van der Waals surface area (Å²) in [5.74, 6) is 0.186. The lowest BCUT2D eigenvalue weighted by Crippen LogP contribution is -3.00. The number of aryl methyl sites for hydroxylation is 1. The van der Waals surface area contributed by atoms with E-state index in [1.54, 1.807) is 11.3 Å². The molecule has 3 nitrogen and oxygen atoms in total. The lowest BCUT2D eigenvalue weighted by Gasteiger charge is -1.98. The number of hydrogen-bond donors (Lipinski definition) is 1. The van der Waals surface area contributed by atoms with Gasteiger partial charge in [-0.05, 0) is 30.7 Å². The zero-order chi connectivity index (χ0) is 15.1. The van der Waals surface area contributed by atoms with Crippen molar-refractivity contribution in [3.05, 3.63) is 38.5 Å². The van der Waals surface area contributed by atoms with Gasteiger partial charge in [-0.2, -0.15) is 4.57 Å². The number of ketones is 1. The number of rotatable bonds is 9. The number of aliphatic hydroxyl groups excluding tert-OH is 1. The fourth-order valence-corrected chi connectivity index (χ4v) is 3.96. The molecular weight excluding hydrogens is 382 g/mol. The third kappa shape index (κ3) is 5.57. The SMILES string of the molecule is Cc1c(CCCCCCO)sc[n+]1CC(=O)c1cccs1.[Br-]. The zero-order valence-electron chi connectivity index (χ0n) is 12.8. The number of thiophene rings is 1. The molecule has 0 atom stereocenters. The Kier molecular flexibility index (Phi) is 9.09. The Morgan fingerprint density at radius 2 is 2.00 bits per heavy atom. The minimum atomic E-state index is 0. The third-order valence-corrected chi connectivity index (χ3v) is 5.63. The van der Waals surface area contributed by atoms with Gasteiger partial charge in [-0.25, -0.2) is 0 Å². The molecular formula is C16H22BrNO2S2. The summed E-state index contributed by atoms with van der Waals surface area (Å²) in [6.45, 7) is 2.83. The summed E-state index contributed by atoms with van der Waals surface area (Å²) < 4.78 is 2.07. The van der Waals surface area contributed by atoms with Crippen LogP contribution in [0.15, 0.2) is 23.0 Å². The molecule has 122 valence electrons. The molecule has 2 aromatic heterocycles. The topological polar surface area (TPSA) is 41.2 Å². The summed E-state index contributed by atoms with van der Waals surface area (Å²) in [5, 5.41) is 10.7. The molecule has 0 amide bonds. The highest BCUT2D eigenvalue weighted by atomic mass is 79.9. The van der Waals surface area contributed by atoms with E-state index in [0.29, 0.717) is 13.2 Å². The van der Waals surface area contributed by atoms with Crippen molar-refractivity contribution < 1.29 is 31.4 Å². The Labute approximate surface area is 150 Å². The van der Waals surface area contributed by atoms with Crippen LogP contribution < -0.4 is 21.5 Å². The highest BCUT2D eigenvalue weighted by molar-refractivity contribution is 7.12. The smallest absolute Gasteiger partial charge is 0.237 e. The van der Waals surface area contributed by atoms with Crippen LogP contribution in [0.25, 0.3) is 0 Å². The van der Waals surface area contributed by atoms with E-state index >= 15 is 0 Å². The summed E-state index contributed by atoms with van der Waals surface area (Å²) in [4.78, 5) is 14.3. The third-order valence-electron chi connectivity index (χ3n) is 3.58. The van der Waals surface area contributed by atoms with E-state index in [2.05, 4.69) is 17.0 Å². The molecule has 0 saturated carbocycles. The van der Waals surface area contributed by atoms with Gasteiger partial charge in [0.25, 0.3) is 0 Å². The van der Waals surface area contributed by atoms with Crippen molar-refractivity contribution in [3.8, 4) is 0 Å². The van der Waals surface area contributed by atoms with Crippen LogP contribution in [0, 0.1) is 6.92 Å². The van der Waals surface area contributed by atoms with Crippen LogP contribution in [0.5, 0.6) is 0 Å². The molecule has 2 rings (SSSR count). The molecule has 0 radical (unpaired) electrons. The van der Waals surface area contributed by atoms with Crippen LogP contribution in [0.2, 0.25) is 0 Å². The Bertz CT molecular complexity index is 567. The first-order valence-electron chi connectivity index (χ1n) is 7.36. The first-order valence-corrected chi connectivity index (χ1v) is 9.12. The van der Waals surface area contributed by atoms with Gasteiger partial charge in [-0.15, -0.1) is 11.3 Å². The number of nitrogens with zero attached hydrogens (tertiary/aromatic N) is 1. The number of carbonyl (C=O) groups is 1. The highest BCUT2D eigenvalue weighted by Gasteiger charge is 2.19. The van der Waals surface area contributed by atoms with Gasteiger partial charge < -0.3 is 22.1 Å². The molecule has 0 saturated heterocycles. The van der Waals surface area contributed by atoms with Gasteiger partial charge in [0.2, 0.25) is 17.8 Å². The van der Waals surface area contributed by atoms with E-state index in [1.807, 2.05) is 17.5 Å². The predicted octanol–water partition coefficient (Wildman–Crippen LogP) is 0.388. The number of Topliss-reactive ketones (excluding diaryl/α,β-unsaturated/α-hetero) is 1. The van der Waals surface area contributed by atoms with Gasteiger partial charge in [-0.3, -0.25) is 4.79 Å². The van der Waals surface area contributed by atoms with E-state index < -0.39 is 0 Å². The van der Waals surface area contributed by atoms with Gasteiger partial charge in [0.1, 0.15) is 0 Å². The minimum absolute atomic E-state index is 0. The molecule has 0 bridgehead atoms. The van der Waals surface area contributed by atoms with Gasteiger partial charge >= 0.3 is 0 Å². The maximum atomic E-state index is 12.1. The summed E-state index contributed by atoms with van der Waals surface area (Å²) in [5.41, 5.74) is 3.27. The number of carbonyl (C=O) groups excluding carboxylic acids is 1. The van der Waals surface area contributed by atoms with Crippen LogP contribution in [-0.2, 0) is 13.0 Å². The second-order valence-corrected chi connectivity index (χ2v) is 7.04. The molecule has 22 heavy (non-hydrogen) atoms. The molecule has 6 heteroatoms. The van der Waals surface area contributed by atoms with Gasteiger partial charge in [0, 0.05) is 13.5 Å². The molecule has 0 aliphatic rings. The Morgan fingerprint density at radius 3 is 2.68 bits per heavy atom. The van der Waals surface area contributed by atoms with Crippen molar-refractivity contribution in [2.75, 3.05) is 6.61 Å². The molecule has 0 aliphatic heterocycles. The summed E-state index contributed by atoms with van der Waals surface area (Å²) in [6, 6.07) is 3.80. The van der Waals surface area contributed by atoms with E-state index in [0.717, 1.165) is 37.0 Å². The molecule has 0 aromatic carbocycles. The largest absolute Gasteiger partial charge is 1.00 e. The first-order chi connectivity index (χ1) is 10.2. The van der Waals surface area contributed by atoms with E-state index in [4.69, 9.17) is 5.11 Å². The molecule has 2 heterocycles. The fourth-order valence-electron chi connectivity index (χ4n) is 2.27. The highest BCUT2D eigenvalue weighted by Crippen LogP contribution is 2.16. The molecule has 1 N–H and O–H groups in total. The van der Waals surface area contributed by atoms with Crippen LogP contribution in [0.3, 0.4) is 0 Å². The Hall–Kier alpha value is -0.560. The molecule has 0 aliphatic carbocycles. The van der Waals surface area contributed by atoms with Crippen molar-refractivity contribution in [3.63, 3.8) is 0 Å². The van der Waals surface area contributed by atoms with E-state index in [-0.39, 0.29) is 22.8 Å². The number of hydrogen-bond acceptors (Lipinski definition) is 4. The average molecular weight is 404 g/mol. The normalized spacial score (nSPS) is 10.5. The lowest BCUT2D eigenvalue weighted by molar-refractivity contribution is -0.684. The summed E-state index contributed by atoms with van der Waals surface area (Å²) >= 11 is 3.25. The Morgan fingerprint density at radius 1 is 1.23 bits per heavy atom. The van der Waals surface area contributed by atoms with Crippen molar-refractivity contribution in [1.82, 2.24) is 0 Å². The second kappa shape index (κ2) is 10.3. The zero-order valence-corrected chi connectivity index (χ0v) is 16.0. The number of thiazole rings is 1. The maximum absolute atomic E-state index is 12.1. The summed E-state index contributed by atoms with van der Waals surface area (Å²) in [7, 11) is 0. The van der Waals surface area contributed by atoms with Crippen LogP contribution in [-0.4, -0.2) is 17.5 Å². The monoisotopic (exact) mass is 403 g/mol.